The van der Waals surface area contributed by atoms with E-state index in [0.29, 0.717) is 6.67 Å². The summed E-state index contributed by atoms with van der Waals surface area (Å²) in [4.78, 5) is 9.85. The van der Waals surface area contributed by atoms with E-state index < -0.39 is 0 Å². The summed E-state index contributed by atoms with van der Waals surface area (Å²) in [6.07, 6.45) is 4.08. The quantitative estimate of drug-likeness (QED) is 0.228. The molecule has 8 aromatic rings. The zero-order valence-corrected chi connectivity index (χ0v) is 23.0. The number of hydrogen-bond donors (Lipinski definition) is 0. The highest BCUT2D eigenvalue weighted by Gasteiger charge is 2.17. The molecular formula is C37H28N4. The first kappa shape index (κ1) is 23.6. The molecule has 0 saturated carbocycles. The molecule has 0 atom stereocenters. The Morgan fingerprint density at radius 2 is 0.878 bits per heavy atom. The number of benzene rings is 4. The number of fused-ring (bicyclic) bond motifs is 6. The highest BCUT2D eigenvalue weighted by Crippen LogP contribution is 2.36. The van der Waals surface area contributed by atoms with Crippen LogP contribution in [0.1, 0.15) is 11.1 Å². The fourth-order valence-corrected chi connectivity index (χ4v) is 6.20. The van der Waals surface area contributed by atoms with Crippen molar-refractivity contribution in [2.45, 2.75) is 20.5 Å². The molecule has 0 spiro atoms. The van der Waals surface area contributed by atoms with Crippen LogP contribution >= 0.6 is 0 Å². The summed E-state index contributed by atoms with van der Waals surface area (Å²) in [5.41, 5.74) is 11.4. The van der Waals surface area contributed by atoms with Crippen molar-refractivity contribution in [3.05, 3.63) is 133 Å². The van der Waals surface area contributed by atoms with Crippen molar-refractivity contribution in [2.75, 3.05) is 0 Å². The van der Waals surface area contributed by atoms with E-state index in [1.807, 2.05) is 24.5 Å². The molecule has 0 aliphatic heterocycles. The van der Waals surface area contributed by atoms with Crippen LogP contribution in [0.4, 0.5) is 0 Å². The summed E-state index contributed by atoms with van der Waals surface area (Å²) >= 11 is 0. The van der Waals surface area contributed by atoms with E-state index in [4.69, 9.17) is 9.97 Å². The third-order valence-electron chi connectivity index (χ3n) is 8.24. The lowest BCUT2D eigenvalue weighted by Crippen LogP contribution is -2.08. The predicted molar refractivity (Wildman–Crippen MR) is 170 cm³/mol. The second-order valence-electron chi connectivity index (χ2n) is 10.9. The number of nitrogens with zero attached hydrogens (tertiary/aromatic N) is 4. The van der Waals surface area contributed by atoms with Gasteiger partial charge in [-0.3, -0.25) is 9.97 Å². The van der Waals surface area contributed by atoms with E-state index in [0.717, 1.165) is 33.5 Å². The first-order valence-electron chi connectivity index (χ1n) is 14.0. The summed E-state index contributed by atoms with van der Waals surface area (Å²) in [7, 11) is 0. The van der Waals surface area contributed by atoms with Crippen molar-refractivity contribution in [1.82, 2.24) is 19.1 Å². The standard InChI is InChI=1S/C37H28N4/c1-24-13-15-34-28(17-24)30-19-32(26-9-5-3-6-10-26)38-21-36(30)40(34)23-41-35-16-14-25(2)18-29(35)31-20-33(39-22-37(31)41)27-11-7-4-8-12-27/h3-22H,23H2,1-2H3. The lowest BCUT2D eigenvalue weighted by Gasteiger charge is -2.12. The largest absolute Gasteiger partial charge is 0.320 e. The molecule has 0 amide bonds. The van der Waals surface area contributed by atoms with Crippen LogP contribution in [0.2, 0.25) is 0 Å². The van der Waals surface area contributed by atoms with Crippen molar-refractivity contribution in [1.29, 1.82) is 0 Å². The summed E-state index contributed by atoms with van der Waals surface area (Å²) in [6, 6.07) is 38.8. The first-order valence-corrected chi connectivity index (χ1v) is 14.0. The van der Waals surface area contributed by atoms with Gasteiger partial charge in [-0.1, -0.05) is 83.9 Å². The molecule has 0 saturated heterocycles. The molecule has 0 fully saturated rings. The average Bonchev–Trinajstić information content (AvgIpc) is 3.49. The SMILES string of the molecule is Cc1ccc2c(c1)c1cc(-c3ccccc3)ncc1n2Cn1c2ccc(C)cc2c2cc(-c3ccccc3)ncc21. The number of pyridine rings is 2. The molecule has 4 heterocycles. The smallest absolute Gasteiger partial charge is 0.100 e. The second-order valence-corrected chi connectivity index (χ2v) is 10.9. The lowest BCUT2D eigenvalue weighted by atomic mass is 10.1. The number of hydrogen-bond acceptors (Lipinski definition) is 2. The molecule has 4 aromatic carbocycles. The van der Waals surface area contributed by atoms with Crippen molar-refractivity contribution < 1.29 is 0 Å². The van der Waals surface area contributed by atoms with Crippen molar-refractivity contribution in [3.8, 4) is 22.5 Å². The number of aromatic nitrogens is 4. The lowest BCUT2D eigenvalue weighted by molar-refractivity contribution is 0.681. The average molecular weight is 529 g/mol. The topological polar surface area (TPSA) is 35.6 Å². The summed E-state index contributed by atoms with van der Waals surface area (Å²) < 4.78 is 4.80. The molecule has 0 bridgehead atoms. The maximum atomic E-state index is 4.92. The van der Waals surface area contributed by atoms with Crippen molar-refractivity contribution >= 4 is 43.6 Å². The van der Waals surface area contributed by atoms with E-state index in [1.54, 1.807) is 0 Å². The third kappa shape index (κ3) is 3.83. The van der Waals surface area contributed by atoms with Gasteiger partial charge >= 0.3 is 0 Å². The Labute approximate surface area is 238 Å². The minimum atomic E-state index is 0.658. The molecule has 8 rings (SSSR count). The van der Waals surface area contributed by atoms with Gasteiger partial charge in [-0.05, 0) is 50.2 Å². The molecule has 0 aliphatic rings. The Kier molecular flexibility index (Phi) is 5.29. The highest BCUT2D eigenvalue weighted by molar-refractivity contribution is 6.10. The predicted octanol–water partition coefficient (Wildman–Crippen LogP) is 9.15. The van der Waals surface area contributed by atoms with Gasteiger partial charge in [0.25, 0.3) is 0 Å². The van der Waals surface area contributed by atoms with Crippen LogP contribution < -0.4 is 0 Å². The van der Waals surface area contributed by atoms with Gasteiger partial charge in [-0.15, -0.1) is 0 Å². The van der Waals surface area contributed by atoms with Gasteiger partial charge in [0.05, 0.1) is 45.8 Å². The summed E-state index contributed by atoms with van der Waals surface area (Å²) in [5, 5.41) is 4.94. The molecule has 4 nitrogen and oxygen atoms in total. The normalized spacial score (nSPS) is 11.8. The molecule has 0 unspecified atom stereocenters. The Bertz CT molecular complexity index is 2080. The molecule has 41 heavy (non-hydrogen) atoms. The fraction of sp³-hybridized carbons (Fsp3) is 0.0811. The van der Waals surface area contributed by atoms with E-state index in [1.165, 1.54) is 43.7 Å². The van der Waals surface area contributed by atoms with E-state index in [9.17, 15) is 0 Å². The second kappa shape index (κ2) is 9.17. The zero-order valence-electron chi connectivity index (χ0n) is 23.0. The number of rotatable bonds is 4. The van der Waals surface area contributed by atoms with Gasteiger partial charge in [0, 0.05) is 32.7 Å². The molecule has 4 aromatic heterocycles. The van der Waals surface area contributed by atoms with Crippen LogP contribution in [0, 0.1) is 13.8 Å². The van der Waals surface area contributed by atoms with Crippen LogP contribution in [0.5, 0.6) is 0 Å². The van der Waals surface area contributed by atoms with Gasteiger partial charge in [0.1, 0.15) is 6.67 Å². The Morgan fingerprint density at radius 3 is 1.32 bits per heavy atom. The Balaban J connectivity index is 1.36. The van der Waals surface area contributed by atoms with Crippen LogP contribution in [0.25, 0.3) is 66.1 Å². The molecular weight excluding hydrogens is 500 g/mol. The molecule has 196 valence electrons. The van der Waals surface area contributed by atoms with Crippen LogP contribution in [0.15, 0.2) is 122 Å². The first-order chi connectivity index (χ1) is 20.1. The van der Waals surface area contributed by atoms with Gasteiger partial charge in [-0.25, -0.2) is 0 Å². The van der Waals surface area contributed by atoms with Gasteiger partial charge in [0.2, 0.25) is 0 Å². The molecule has 0 aliphatic carbocycles. The summed E-state index contributed by atoms with van der Waals surface area (Å²) in [5.74, 6) is 0. The van der Waals surface area contributed by atoms with Crippen LogP contribution in [-0.2, 0) is 6.67 Å². The highest BCUT2D eigenvalue weighted by atomic mass is 15.2. The van der Waals surface area contributed by atoms with Gasteiger partial charge in [-0.2, -0.15) is 0 Å². The fourth-order valence-electron chi connectivity index (χ4n) is 6.20. The van der Waals surface area contributed by atoms with Gasteiger partial charge in [0.15, 0.2) is 0 Å². The molecule has 4 heteroatoms. The minimum Gasteiger partial charge on any atom is -0.320 e. The van der Waals surface area contributed by atoms with Crippen LogP contribution in [0.3, 0.4) is 0 Å². The van der Waals surface area contributed by atoms with E-state index >= 15 is 0 Å². The van der Waals surface area contributed by atoms with Crippen molar-refractivity contribution in [2.24, 2.45) is 0 Å². The number of aryl methyl sites for hydroxylation is 2. The monoisotopic (exact) mass is 528 g/mol. The maximum Gasteiger partial charge on any atom is 0.100 e. The van der Waals surface area contributed by atoms with E-state index in [2.05, 4.69) is 120 Å². The zero-order chi connectivity index (χ0) is 27.5. The van der Waals surface area contributed by atoms with Crippen molar-refractivity contribution in [3.63, 3.8) is 0 Å². The van der Waals surface area contributed by atoms with E-state index in [-0.39, 0.29) is 0 Å². The Morgan fingerprint density at radius 1 is 0.463 bits per heavy atom. The summed E-state index contributed by atoms with van der Waals surface area (Å²) in [6.45, 7) is 4.98. The molecule has 0 N–H and O–H groups in total. The van der Waals surface area contributed by atoms with Crippen LogP contribution in [-0.4, -0.2) is 19.1 Å². The van der Waals surface area contributed by atoms with Gasteiger partial charge < -0.3 is 9.13 Å². The molecule has 0 radical (unpaired) electrons. The maximum absolute atomic E-state index is 4.92. The third-order valence-corrected chi connectivity index (χ3v) is 8.24. The Hall–Kier alpha value is -5.22. The minimum absolute atomic E-state index is 0.658.